The zero-order chi connectivity index (χ0) is 11.0. The lowest BCUT2D eigenvalue weighted by Crippen LogP contribution is -2.42. The van der Waals surface area contributed by atoms with E-state index < -0.39 is 0 Å². The Hall–Kier alpha value is -0.800. The number of rotatable bonds is 1. The van der Waals surface area contributed by atoms with Crippen LogP contribution in [0.3, 0.4) is 0 Å². The predicted molar refractivity (Wildman–Crippen MR) is 65.8 cm³/mol. The van der Waals surface area contributed by atoms with Crippen LogP contribution in [0.5, 0.6) is 0 Å². The fraction of sp³-hybridized carbons (Fsp3) is 0.583. The third kappa shape index (κ3) is 1.89. The molecule has 0 saturated carbocycles. The SMILES string of the molecule is Clc1cc2c(cn1)NC(N1CCCCC1)C2. The van der Waals surface area contributed by atoms with Crippen LogP contribution in [0.1, 0.15) is 24.8 Å². The van der Waals surface area contributed by atoms with Gasteiger partial charge in [0, 0.05) is 19.5 Å². The zero-order valence-electron chi connectivity index (χ0n) is 9.25. The van der Waals surface area contributed by atoms with E-state index >= 15 is 0 Å². The number of fused-ring (bicyclic) bond motifs is 1. The molecule has 86 valence electrons. The molecule has 2 aliphatic heterocycles. The van der Waals surface area contributed by atoms with Gasteiger partial charge in [-0.2, -0.15) is 0 Å². The first-order valence-corrected chi connectivity index (χ1v) is 6.36. The van der Waals surface area contributed by atoms with Crippen LogP contribution >= 0.6 is 11.6 Å². The van der Waals surface area contributed by atoms with E-state index in [1.165, 1.54) is 37.9 Å². The Bertz CT molecular complexity index is 388. The summed E-state index contributed by atoms with van der Waals surface area (Å²) in [5.74, 6) is 0. The molecule has 4 heteroatoms. The Morgan fingerprint density at radius 2 is 2.12 bits per heavy atom. The van der Waals surface area contributed by atoms with Crippen molar-refractivity contribution in [3.63, 3.8) is 0 Å². The van der Waals surface area contributed by atoms with E-state index in [2.05, 4.69) is 15.2 Å². The molecule has 0 aliphatic carbocycles. The number of nitrogens with one attached hydrogen (secondary N) is 1. The first-order valence-electron chi connectivity index (χ1n) is 5.98. The van der Waals surface area contributed by atoms with Crippen molar-refractivity contribution in [2.24, 2.45) is 0 Å². The molecule has 3 rings (SSSR count). The van der Waals surface area contributed by atoms with Crippen molar-refractivity contribution in [3.05, 3.63) is 23.0 Å². The van der Waals surface area contributed by atoms with Gasteiger partial charge in [-0.1, -0.05) is 18.0 Å². The molecule has 1 aromatic heterocycles. The lowest BCUT2D eigenvalue weighted by atomic mass is 10.1. The molecule has 3 nitrogen and oxygen atoms in total. The summed E-state index contributed by atoms with van der Waals surface area (Å²) in [5, 5.41) is 4.13. The van der Waals surface area contributed by atoms with Crippen LogP contribution in [0.15, 0.2) is 12.3 Å². The molecule has 1 saturated heterocycles. The summed E-state index contributed by atoms with van der Waals surface area (Å²) in [7, 11) is 0. The lowest BCUT2D eigenvalue weighted by molar-refractivity contribution is 0.183. The minimum atomic E-state index is 0.454. The maximum absolute atomic E-state index is 5.90. The quantitative estimate of drug-likeness (QED) is 0.761. The van der Waals surface area contributed by atoms with Gasteiger partial charge < -0.3 is 5.32 Å². The Balaban J connectivity index is 1.74. The van der Waals surface area contributed by atoms with Crippen LogP contribution in [-0.4, -0.2) is 29.1 Å². The highest BCUT2D eigenvalue weighted by Crippen LogP contribution is 2.29. The predicted octanol–water partition coefficient (Wildman–Crippen LogP) is 2.52. The molecule has 1 fully saturated rings. The number of nitrogens with zero attached hydrogens (tertiary/aromatic N) is 2. The maximum atomic E-state index is 5.90. The Morgan fingerprint density at radius 1 is 1.31 bits per heavy atom. The molecular weight excluding hydrogens is 222 g/mol. The van der Waals surface area contributed by atoms with Gasteiger partial charge in [-0.05, 0) is 24.5 Å². The number of piperidine rings is 1. The molecule has 0 aromatic carbocycles. The summed E-state index contributed by atoms with van der Waals surface area (Å²) in [6, 6.07) is 1.98. The van der Waals surface area contributed by atoms with Crippen LogP contribution in [0.4, 0.5) is 5.69 Å². The number of hydrogen-bond donors (Lipinski definition) is 1. The summed E-state index contributed by atoms with van der Waals surface area (Å²) >= 11 is 5.90. The van der Waals surface area contributed by atoms with Crippen molar-refractivity contribution >= 4 is 17.3 Å². The molecule has 0 spiro atoms. The monoisotopic (exact) mass is 237 g/mol. The molecule has 0 radical (unpaired) electrons. The summed E-state index contributed by atoms with van der Waals surface area (Å²) in [6.45, 7) is 2.43. The molecule has 2 aliphatic rings. The first-order chi connectivity index (χ1) is 7.83. The third-order valence-electron chi connectivity index (χ3n) is 3.52. The van der Waals surface area contributed by atoms with Crippen LogP contribution in [0.2, 0.25) is 5.15 Å². The summed E-state index contributed by atoms with van der Waals surface area (Å²) in [5.41, 5.74) is 2.45. The van der Waals surface area contributed by atoms with Crippen molar-refractivity contribution in [2.75, 3.05) is 18.4 Å². The van der Waals surface area contributed by atoms with Gasteiger partial charge >= 0.3 is 0 Å². The fourth-order valence-corrected chi connectivity index (χ4v) is 2.84. The van der Waals surface area contributed by atoms with Crippen LogP contribution in [-0.2, 0) is 6.42 Å². The second-order valence-corrected chi connectivity index (χ2v) is 5.01. The van der Waals surface area contributed by atoms with E-state index in [4.69, 9.17) is 11.6 Å². The number of pyridine rings is 1. The highest BCUT2D eigenvalue weighted by molar-refractivity contribution is 6.29. The second-order valence-electron chi connectivity index (χ2n) is 4.63. The highest BCUT2D eigenvalue weighted by atomic mass is 35.5. The Labute approximate surface area is 101 Å². The van der Waals surface area contributed by atoms with Crippen molar-refractivity contribution in [3.8, 4) is 0 Å². The topological polar surface area (TPSA) is 28.2 Å². The summed E-state index contributed by atoms with van der Waals surface area (Å²) in [4.78, 5) is 6.65. The van der Waals surface area contributed by atoms with Gasteiger partial charge in [-0.3, -0.25) is 4.90 Å². The van der Waals surface area contributed by atoms with Crippen molar-refractivity contribution in [1.29, 1.82) is 0 Å². The van der Waals surface area contributed by atoms with Crippen molar-refractivity contribution < 1.29 is 0 Å². The molecule has 16 heavy (non-hydrogen) atoms. The van der Waals surface area contributed by atoms with Gasteiger partial charge in [-0.15, -0.1) is 0 Å². The van der Waals surface area contributed by atoms with Gasteiger partial charge in [0.1, 0.15) is 5.15 Å². The Kier molecular flexibility index (Phi) is 2.74. The van der Waals surface area contributed by atoms with Gasteiger partial charge in [0.25, 0.3) is 0 Å². The first kappa shape index (κ1) is 10.4. The maximum Gasteiger partial charge on any atom is 0.129 e. The molecular formula is C12H16ClN3. The summed E-state index contributed by atoms with van der Waals surface area (Å²) < 4.78 is 0. The number of anilines is 1. The average Bonchev–Trinajstić information content (AvgIpc) is 2.73. The molecule has 3 heterocycles. The van der Waals surface area contributed by atoms with Crippen molar-refractivity contribution in [1.82, 2.24) is 9.88 Å². The van der Waals surface area contributed by atoms with Crippen molar-refractivity contribution in [2.45, 2.75) is 31.8 Å². The van der Waals surface area contributed by atoms with Gasteiger partial charge in [-0.25, -0.2) is 4.98 Å². The van der Waals surface area contributed by atoms with E-state index in [0.717, 1.165) is 12.1 Å². The van der Waals surface area contributed by atoms with Crippen LogP contribution < -0.4 is 5.32 Å². The Morgan fingerprint density at radius 3 is 2.94 bits per heavy atom. The second kappa shape index (κ2) is 4.22. The molecule has 1 atom stereocenters. The molecule has 0 bridgehead atoms. The van der Waals surface area contributed by atoms with Crippen LogP contribution in [0.25, 0.3) is 0 Å². The smallest absolute Gasteiger partial charge is 0.129 e. The standard InChI is InChI=1S/C12H16ClN3/c13-11-6-9-7-12(15-10(9)8-14-11)16-4-2-1-3-5-16/h6,8,12,15H,1-5,7H2. The number of halogens is 1. The minimum absolute atomic E-state index is 0.454. The van der Waals surface area contributed by atoms with Gasteiger partial charge in [0.15, 0.2) is 0 Å². The highest BCUT2D eigenvalue weighted by Gasteiger charge is 2.27. The number of hydrogen-bond acceptors (Lipinski definition) is 3. The largest absolute Gasteiger partial charge is 0.368 e. The number of aromatic nitrogens is 1. The van der Waals surface area contributed by atoms with E-state index in [1.54, 1.807) is 0 Å². The molecule has 1 aromatic rings. The normalized spacial score (nSPS) is 25.2. The van der Waals surface area contributed by atoms with E-state index in [-0.39, 0.29) is 0 Å². The van der Waals surface area contributed by atoms with E-state index in [1.807, 2.05) is 12.3 Å². The van der Waals surface area contributed by atoms with E-state index in [0.29, 0.717) is 11.3 Å². The number of likely N-dealkylation sites (tertiary alicyclic amines) is 1. The molecule has 1 N–H and O–H groups in total. The fourth-order valence-electron chi connectivity index (χ4n) is 2.66. The van der Waals surface area contributed by atoms with Crippen LogP contribution in [0, 0.1) is 0 Å². The summed E-state index contributed by atoms with van der Waals surface area (Å²) in [6.07, 6.45) is 7.39. The molecule has 1 unspecified atom stereocenters. The third-order valence-corrected chi connectivity index (χ3v) is 3.73. The average molecular weight is 238 g/mol. The van der Waals surface area contributed by atoms with E-state index in [9.17, 15) is 0 Å². The zero-order valence-corrected chi connectivity index (χ0v) is 10.0. The van der Waals surface area contributed by atoms with Gasteiger partial charge in [0.05, 0.1) is 18.1 Å². The molecule has 0 amide bonds. The lowest BCUT2D eigenvalue weighted by Gasteiger charge is -2.32. The minimum Gasteiger partial charge on any atom is -0.368 e. The van der Waals surface area contributed by atoms with Gasteiger partial charge in [0.2, 0.25) is 0 Å².